The number of aliphatic hydroxyl groups is 1. The van der Waals surface area contributed by atoms with E-state index in [2.05, 4.69) is 13.8 Å². The molecule has 1 atom stereocenters. The van der Waals surface area contributed by atoms with Crippen LogP contribution in [0.25, 0.3) is 0 Å². The van der Waals surface area contributed by atoms with Crippen molar-refractivity contribution in [2.75, 3.05) is 0 Å². The lowest BCUT2D eigenvalue weighted by Gasteiger charge is -2.16. The van der Waals surface area contributed by atoms with Crippen LogP contribution in [0.5, 0.6) is 0 Å². The van der Waals surface area contributed by atoms with Gasteiger partial charge in [0, 0.05) is 5.02 Å². The smallest absolute Gasteiger partial charge is 0.0807 e. The molecule has 0 aromatic heterocycles. The molecule has 84 valence electrons. The first-order valence-electron chi connectivity index (χ1n) is 5.36. The maximum atomic E-state index is 10.0. The van der Waals surface area contributed by atoms with E-state index >= 15 is 0 Å². The second-order valence-electron chi connectivity index (χ2n) is 4.60. The van der Waals surface area contributed by atoms with Crippen LogP contribution in [-0.2, 0) is 0 Å². The zero-order valence-electron chi connectivity index (χ0n) is 9.84. The van der Waals surface area contributed by atoms with Crippen LogP contribution in [0.4, 0.5) is 0 Å². The molecule has 0 bridgehead atoms. The number of aliphatic hydroxyl groups excluding tert-OH is 1. The number of benzene rings is 1. The fourth-order valence-corrected chi connectivity index (χ4v) is 1.98. The van der Waals surface area contributed by atoms with Gasteiger partial charge in [0.2, 0.25) is 0 Å². The van der Waals surface area contributed by atoms with E-state index in [1.165, 1.54) is 11.1 Å². The van der Waals surface area contributed by atoms with E-state index in [4.69, 9.17) is 11.6 Å². The third-order valence-electron chi connectivity index (χ3n) is 2.67. The average molecular weight is 227 g/mol. The number of hydrogen-bond donors (Lipinski definition) is 1. The summed E-state index contributed by atoms with van der Waals surface area (Å²) >= 11 is 6.12. The van der Waals surface area contributed by atoms with Gasteiger partial charge >= 0.3 is 0 Å². The van der Waals surface area contributed by atoms with Crippen molar-refractivity contribution in [3.63, 3.8) is 0 Å². The normalized spacial score (nSPS) is 13.3. The fourth-order valence-electron chi connectivity index (χ4n) is 1.63. The molecule has 0 fully saturated rings. The number of halogens is 1. The van der Waals surface area contributed by atoms with E-state index in [9.17, 15) is 5.11 Å². The fraction of sp³-hybridized carbons (Fsp3) is 0.538. The second-order valence-corrected chi connectivity index (χ2v) is 5.01. The maximum Gasteiger partial charge on any atom is 0.0807 e. The predicted molar refractivity (Wildman–Crippen MR) is 65.3 cm³/mol. The van der Waals surface area contributed by atoms with Crippen molar-refractivity contribution >= 4 is 11.6 Å². The first kappa shape index (κ1) is 12.5. The summed E-state index contributed by atoms with van der Waals surface area (Å²) in [7, 11) is 0. The Morgan fingerprint density at radius 1 is 1.20 bits per heavy atom. The Balaban J connectivity index is 2.98. The quantitative estimate of drug-likeness (QED) is 0.825. The highest BCUT2D eigenvalue weighted by Crippen LogP contribution is 2.29. The number of aryl methyl sites for hydroxylation is 2. The Labute approximate surface area is 97.1 Å². The van der Waals surface area contributed by atoms with Gasteiger partial charge in [0.05, 0.1) is 6.10 Å². The highest BCUT2D eigenvalue weighted by molar-refractivity contribution is 6.31. The first-order chi connectivity index (χ1) is 6.91. The molecule has 0 aliphatic carbocycles. The average Bonchev–Trinajstić information content (AvgIpc) is 2.09. The topological polar surface area (TPSA) is 20.2 Å². The van der Waals surface area contributed by atoms with Crippen LogP contribution >= 0.6 is 11.6 Å². The van der Waals surface area contributed by atoms with Gasteiger partial charge in [-0.05, 0) is 48.9 Å². The van der Waals surface area contributed by atoms with Crippen molar-refractivity contribution in [2.24, 2.45) is 5.92 Å². The summed E-state index contributed by atoms with van der Waals surface area (Å²) in [6.45, 7) is 8.26. The Hall–Kier alpha value is -0.530. The van der Waals surface area contributed by atoms with Crippen molar-refractivity contribution in [3.05, 3.63) is 33.8 Å². The molecule has 0 aliphatic rings. The zero-order chi connectivity index (χ0) is 11.6. The van der Waals surface area contributed by atoms with E-state index < -0.39 is 6.10 Å². The van der Waals surface area contributed by atoms with Crippen LogP contribution < -0.4 is 0 Å². The minimum atomic E-state index is -0.447. The molecule has 0 aliphatic heterocycles. The van der Waals surface area contributed by atoms with Gasteiger partial charge in [-0.25, -0.2) is 0 Å². The summed E-state index contributed by atoms with van der Waals surface area (Å²) in [5.41, 5.74) is 3.20. The SMILES string of the molecule is Cc1cc(Cl)c(C(O)CC(C)C)cc1C. The van der Waals surface area contributed by atoms with Gasteiger partial charge in [0.1, 0.15) is 0 Å². The molecule has 15 heavy (non-hydrogen) atoms. The largest absolute Gasteiger partial charge is 0.388 e. The lowest BCUT2D eigenvalue weighted by molar-refractivity contribution is 0.151. The van der Waals surface area contributed by atoms with Gasteiger partial charge < -0.3 is 5.11 Å². The lowest BCUT2D eigenvalue weighted by Crippen LogP contribution is -2.03. The van der Waals surface area contributed by atoms with Crippen LogP contribution in [0.2, 0.25) is 5.02 Å². The van der Waals surface area contributed by atoms with E-state index in [1.54, 1.807) is 0 Å². The summed E-state index contributed by atoms with van der Waals surface area (Å²) < 4.78 is 0. The number of hydrogen-bond acceptors (Lipinski definition) is 1. The third-order valence-corrected chi connectivity index (χ3v) is 2.99. The predicted octanol–water partition coefficient (Wildman–Crippen LogP) is 4.04. The van der Waals surface area contributed by atoms with Gasteiger partial charge in [-0.3, -0.25) is 0 Å². The van der Waals surface area contributed by atoms with Crippen molar-refractivity contribution < 1.29 is 5.11 Å². The van der Waals surface area contributed by atoms with Crippen molar-refractivity contribution in [1.29, 1.82) is 0 Å². The van der Waals surface area contributed by atoms with Gasteiger partial charge in [-0.2, -0.15) is 0 Å². The van der Waals surface area contributed by atoms with Crippen LogP contribution in [0.3, 0.4) is 0 Å². The molecule has 1 aromatic carbocycles. The molecule has 1 nitrogen and oxygen atoms in total. The monoisotopic (exact) mass is 226 g/mol. The standard InChI is InChI=1S/C13H19ClO/c1-8(2)5-13(15)11-6-9(3)10(4)7-12(11)14/h6-8,13,15H,5H2,1-4H3. The summed E-state index contributed by atoms with van der Waals surface area (Å²) in [5, 5.41) is 10.7. The molecule has 1 aromatic rings. The minimum Gasteiger partial charge on any atom is -0.388 e. The van der Waals surface area contributed by atoms with E-state index in [1.807, 2.05) is 26.0 Å². The molecule has 2 heteroatoms. The van der Waals surface area contributed by atoms with E-state index in [-0.39, 0.29) is 0 Å². The molecule has 0 amide bonds. The Bertz CT molecular complexity index is 345. The van der Waals surface area contributed by atoms with E-state index in [0.29, 0.717) is 10.9 Å². The highest BCUT2D eigenvalue weighted by atomic mass is 35.5. The molecule has 0 saturated heterocycles. The van der Waals surface area contributed by atoms with Crippen LogP contribution in [0, 0.1) is 19.8 Å². The van der Waals surface area contributed by atoms with Gasteiger partial charge in [-0.1, -0.05) is 31.5 Å². The molecule has 1 N–H and O–H groups in total. The molecule has 0 saturated carbocycles. The van der Waals surface area contributed by atoms with Crippen LogP contribution in [0.15, 0.2) is 12.1 Å². The van der Waals surface area contributed by atoms with Crippen LogP contribution in [-0.4, -0.2) is 5.11 Å². The van der Waals surface area contributed by atoms with Gasteiger partial charge in [-0.15, -0.1) is 0 Å². The lowest BCUT2D eigenvalue weighted by atomic mass is 9.97. The maximum absolute atomic E-state index is 10.0. The first-order valence-corrected chi connectivity index (χ1v) is 5.74. The molecule has 0 spiro atoms. The summed E-state index contributed by atoms with van der Waals surface area (Å²) in [4.78, 5) is 0. The second kappa shape index (κ2) is 5.00. The Morgan fingerprint density at radius 3 is 2.27 bits per heavy atom. The van der Waals surface area contributed by atoms with Crippen molar-refractivity contribution in [3.8, 4) is 0 Å². The third kappa shape index (κ3) is 3.22. The molecular weight excluding hydrogens is 208 g/mol. The number of rotatable bonds is 3. The highest BCUT2D eigenvalue weighted by Gasteiger charge is 2.14. The molecule has 0 heterocycles. The van der Waals surface area contributed by atoms with Gasteiger partial charge in [0.15, 0.2) is 0 Å². The summed E-state index contributed by atoms with van der Waals surface area (Å²) in [6, 6.07) is 3.92. The Kier molecular flexibility index (Phi) is 4.18. The molecular formula is C13H19ClO. The minimum absolute atomic E-state index is 0.447. The Morgan fingerprint density at radius 2 is 1.73 bits per heavy atom. The summed E-state index contributed by atoms with van der Waals surface area (Å²) in [5.74, 6) is 0.470. The van der Waals surface area contributed by atoms with E-state index in [0.717, 1.165) is 12.0 Å². The van der Waals surface area contributed by atoms with Crippen molar-refractivity contribution in [1.82, 2.24) is 0 Å². The van der Waals surface area contributed by atoms with Crippen molar-refractivity contribution in [2.45, 2.75) is 40.2 Å². The molecule has 1 unspecified atom stereocenters. The molecule has 0 radical (unpaired) electrons. The van der Waals surface area contributed by atoms with Gasteiger partial charge in [0.25, 0.3) is 0 Å². The summed E-state index contributed by atoms with van der Waals surface area (Å²) in [6.07, 6.45) is 0.305. The van der Waals surface area contributed by atoms with Crippen LogP contribution in [0.1, 0.15) is 43.1 Å². The zero-order valence-corrected chi connectivity index (χ0v) is 10.6. The molecule has 1 rings (SSSR count).